The van der Waals surface area contributed by atoms with E-state index in [9.17, 15) is 4.79 Å². The zero-order valence-electron chi connectivity index (χ0n) is 10.0. The molecule has 0 aliphatic carbocycles. The highest BCUT2D eigenvalue weighted by Gasteiger charge is 2.21. The first-order valence-electron chi connectivity index (χ1n) is 6.31. The predicted octanol–water partition coefficient (Wildman–Crippen LogP) is 1.82. The van der Waals surface area contributed by atoms with Gasteiger partial charge in [-0.3, -0.25) is 4.79 Å². The van der Waals surface area contributed by atoms with Crippen LogP contribution in [0.3, 0.4) is 0 Å². The van der Waals surface area contributed by atoms with Gasteiger partial charge in [0, 0.05) is 6.04 Å². The molecule has 1 aliphatic rings. The van der Waals surface area contributed by atoms with Crippen LogP contribution in [0.15, 0.2) is 0 Å². The van der Waals surface area contributed by atoms with Crippen LogP contribution in [0.1, 0.15) is 52.4 Å². The van der Waals surface area contributed by atoms with Crippen LogP contribution in [-0.4, -0.2) is 24.5 Å². The van der Waals surface area contributed by atoms with Crippen LogP contribution in [-0.2, 0) is 4.79 Å². The van der Waals surface area contributed by atoms with E-state index in [1.54, 1.807) is 0 Å². The Hall–Kier alpha value is -0.570. The summed E-state index contributed by atoms with van der Waals surface area (Å²) >= 11 is 0. The van der Waals surface area contributed by atoms with Crippen LogP contribution in [0.5, 0.6) is 0 Å². The Morgan fingerprint density at radius 2 is 2.27 bits per heavy atom. The van der Waals surface area contributed by atoms with Gasteiger partial charge in [-0.05, 0) is 32.2 Å². The molecule has 0 aromatic carbocycles. The van der Waals surface area contributed by atoms with Gasteiger partial charge in [0.15, 0.2) is 0 Å². The molecule has 0 aromatic heterocycles. The molecule has 0 spiro atoms. The van der Waals surface area contributed by atoms with Crippen molar-refractivity contribution in [3.05, 3.63) is 0 Å². The first kappa shape index (κ1) is 12.5. The van der Waals surface area contributed by atoms with E-state index in [0.717, 1.165) is 32.2 Å². The quantitative estimate of drug-likeness (QED) is 0.730. The lowest BCUT2D eigenvalue weighted by molar-refractivity contribution is -0.124. The Labute approximate surface area is 93.0 Å². The van der Waals surface area contributed by atoms with E-state index in [2.05, 4.69) is 24.5 Å². The Morgan fingerprint density at radius 3 is 2.80 bits per heavy atom. The van der Waals surface area contributed by atoms with Crippen molar-refractivity contribution >= 4 is 5.91 Å². The predicted molar refractivity (Wildman–Crippen MR) is 62.8 cm³/mol. The third-order valence-electron chi connectivity index (χ3n) is 3.10. The Bertz CT molecular complexity index is 188. The van der Waals surface area contributed by atoms with Crippen molar-refractivity contribution in [1.82, 2.24) is 10.6 Å². The maximum absolute atomic E-state index is 11.9. The summed E-state index contributed by atoms with van der Waals surface area (Å²) in [6, 6.07) is 0.427. The summed E-state index contributed by atoms with van der Waals surface area (Å²) in [5.41, 5.74) is 0. The monoisotopic (exact) mass is 212 g/mol. The highest BCUT2D eigenvalue weighted by Crippen LogP contribution is 2.08. The molecule has 1 heterocycles. The molecule has 1 aliphatic heterocycles. The zero-order chi connectivity index (χ0) is 11.1. The molecule has 0 saturated carbocycles. The molecule has 0 bridgehead atoms. The largest absolute Gasteiger partial charge is 0.352 e. The number of rotatable bonds is 5. The van der Waals surface area contributed by atoms with Gasteiger partial charge in [-0.1, -0.05) is 26.7 Å². The maximum Gasteiger partial charge on any atom is 0.237 e. The summed E-state index contributed by atoms with van der Waals surface area (Å²) in [6.45, 7) is 5.28. The number of nitrogens with one attached hydrogen (secondary N) is 2. The lowest BCUT2D eigenvalue weighted by Crippen LogP contribution is -2.49. The number of amides is 1. The maximum atomic E-state index is 11.9. The SMILES string of the molecule is CCCC(CC)NC(=O)[C@@H]1CCCCN1. The second-order valence-electron chi connectivity index (χ2n) is 4.40. The van der Waals surface area contributed by atoms with Crippen LogP contribution in [0, 0.1) is 0 Å². The molecule has 1 saturated heterocycles. The van der Waals surface area contributed by atoms with Gasteiger partial charge in [0.05, 0.1) is 6.04 Å². The van der Waals surface area contributed by atoms with Gasteiger partial charge in [0.25, 0.3) is 0 Å². The van der Waals surface area contributed by atoms with E-state index in [1.165, 1.54) is 12.8 Å². The standard InChI is InChI=1S/C12H24N2O/c1-3-7-10(4-2)14-12(15)11-8-5-6-9-13-11/h10-11,13H,3-9H2,1-2H3,(H,14,15)/t10?,11-/m0/s1. The van der Waals surface area contributed by atoms with Crippen LogP contribution in [0.2, 0.25) is 0 Å². The first-order chi connectivity index (χ1) is 7.27. The average Bonchev–Trinajstić information content (AvgIpc) is 2.29. The van der Waals surface area contributed by atoms with Crippen LogP contribution < -0.4 is 10.6 Å². The number of hydrogen-bond donors (Lipinski definition) is 2. The van der Waals surface area contributed by atoms with Gasteiger partial charge in [-0.15, -0.1) is 0 Å². The van der Waals surface area contributed by atoms with Crippen molar-refractivity contribution in [2.45, 2.75) is 64.5 Å². The lowest BCUT2D eigenvalue weighted by atomic mass is 10.0. The number of carbonyl (C=O) groups excluding carboxylic acids is 1. The van der Waals surface area contributed by atoms with Gasteiger partial charge in [0.1, 0.15) is 0 Å². The number of piperidine rings is 1. The molecule has 3 heteroatoms. The normalized spacial score (nSPS) is 23.5. The van der Waals surface area contributed by atoms with Gasteiger partial charge >= 0.3 is 0 Å². The van der Waals surface area contributed by atoms with Crippen molar-refractivity contribution in [2.75, 3.05) is 6.54 Å². The molecule has 1 unspecified atom stereocenters. The molecular weight excluding hydrogens is 188 g/mol. The van der Waals surface area contributed by atoms with Gasteiger partial charge < -0.3 is 10.6 Å². The zero-order valence-corrected chi connectivity index (χ0v) is 10.0. The van der Waals surface area contributed by atoms with E-state index in [1.807, 2.05) is 0 Å². The lowest BCUT2D eigenvalue weighted by Gasteiger charge is -2.25. The summed E-state index contributed by atoms with van der Waals surface area (Å²) in [5.74, 6) is 0.204. The van der Waals surface area contributed by atoms with E-state index < -0.39 is 0 Å². The third-order valence-corrected chi connectivity index (χ3v) is 3.10. The summed E-state index contributed by atoms with van der Waals surface area (Å²) in [5, 5.41) is 6.41. The van der Waals surface area contributed by atoms with Crippen LogP contribution in [0.4, 0.5) is 0 Å². The number of hydrogen-bond acceptors (Lipinski definition) is 2. The Morgan fingerprint density at radius 1 is 1.47 bits per heavy atom. The fourth-order valence-corrected chi connectivity index (χ4v) is 2.10. The minimum atomic E-state index is 0.0599. The van der Waals surface area contributed by atoms with Gasteiger partial charge in [-0.25, -0.2) is 0 Å². The van der Waals surface area contributed by atoms with Crippen molar-refractivity contribution in [2.24, 2.45) is 0 Å². The molecule has 2 atom stereocenters. The third kappa shape index (κ3) is 4.20. The van der Waals surface area contributed by atoms with Crippen molar-refractivity contribution in [3.8, 4) is 0 Å². The topological polar surface area (TPSA) is 41.1 Å². The van der Waals surface area contributed by atoms with Crippen molar-refractivity contribution in [3.63, 3.8) is 0 Å². The van der Waals surface area contributed by atoms with E-state index >= 15 is 0 Å². The summed E-state index contributed by atoms with van der Waals surface area (Å²) in [4.78, 5) is 11.9. The molecule has 1 amide bonds. The molecule has 15 heavy (non-hydrogen) atoms. The summed E-state index contributed by atoms with van der Waals surface area (Å²) in [7, 11) is 0. The molecule has 1 rings (SSSR count). The molecule has 0 radical (unpaired) electrons. The molecule has 3 nitrogen and oxygen atoms in total. The molecular formula is C12H24N2O. The van der Waals surface area contributed by atoms with E-state index in [0.29, 0.717) is 6.04 Å². The Balaban J connectivity index is 2.31. The second-order valence-corrected chi connectivity index (χ2v) is 4.40. The minimum absolute atomic E-state index is 0.0599. The van der Waals surface area contributed by atoms with Crippen molar-refractivity contribution in [1.29, 1.82) is 0 Å². The van der Waals surface area contributed by atoms with Crippen molar-refractivity contribution < 1.29 is 4.79 Å². The molecule has 88 valence electrons. The smallest absolute Gasteiger partial charge is 0.237 e. The highest BCUT2D eigenvalue weighted by molar-refractivity contribution is 5.82. The van der Waals surface area contributed by atoms with Gasteiger partial charge in [-0.2, -0.15) is 0 Å². The fourth-order valence-electron chi connectivity index (χ4n) is 2.10. The molecule has 2 N–H and O–H groups in total. The average molecular weight is 212 g/mol. The molecule has 1 fully saturated rings. The summed E-state index contributed by atoms with van der Waals surface area (Å²) < 4.78 is 0. The minimum Gasteiger partial charge on any atom is -0.352 e. The van der Waals surface area contributed by atoms with Gasteiger partial charge in [0.2, 0.25) is 5.91 Å². The highest BCUT2D eigenvalue weighted by atomic mass is 16.2. The van der Waals surface area contributed by atoms with Crippen LogP contribution in [0.25, 0.3) is 0 Å². The fraction of sp³-hybridized carbons (Fsp3) is 0.917. The molecule has 0 aromatic rings. The number of carbonyl (C=O) groups is 1. The summed E-state index contributed by atoms with van der Waals surface area (Å²) in [6.07, 6.45) is 6.64. The second kappa shape index (κ2) is 6.83. The van der Waals surface area contributed by atoms with E-state index in [-0.39, 0.29) is 11.9 Å². The van der Waals surface area contributed by atoms with Crippen LogP contribution >= 0.6 is 0 Å². The first-order valence-corrected chi connectivity index (χ1v) is 6.31. The van der Waals surface area contributed by atoms with E-state index in [4.69, 9.17) is 0 Å². The Kier molecular flexibility index (Phi) is 5.69.